The molecule has 0 aromatic heterocycles. The maximum Gasteiger partial charge on any atom is 0.0244 e. The summed E-state index contributed by atoms with van der Waals surface area (Å²) in [6, 6.07) is 11.2. The second-order valence-corrected chi connectivity index (χ2v) is 13.6. The fourth-order valence-electron chi connectivity index (χ4n) is 6.37. The van der Waals surface area contributed by atoms with Crippen molar-refractivity contribution < 1.29 is 0 Å². The molecule has 0 fully saturated rings. The monoisotopic (exact) mass is 528 g/mol. The molecule has 0 heterocycles. The van der Waals surface area contributed by atoms with Gasteiger partial charge < -0.3 is 0 Å². The van der Waals surface area contributed by atoms with Gasteiger partial charge in [-0.1, -0.05) is 173 Å². The van der Waals surface area contributed by atoms with Gasteiger partial charge in [-0.05, 0) is 46.1 Å². The Hall–Kier alpha value is -0.820. The van der Waals surface area contributed by atoms with E-state index in [1.54, 1.807) is 0 Å². The first-order chi connectivity index (χ1) is 18.3. The molecule has 1 aromatic carbocycles. The number of hydrogen-bond acceptors (Lipinski definition) is 1. The molecular formula is C37H69N. The topological polar surface area (TPSA) is 3.24 Å². The molecule has 1 rings (SSSR count). The van der Waals surface area contributed by atoms with Gasteiger partial charge >= 0.3 is 0 Å². The van der Waals surface area contributed by atoms with E-state index in [1.807, 2.05) is 0 Å². The fourth-order valence-corrected chi connectivity index (χ4v) is 6.37. The van der Waals surface area contributed by atoms with Crippen LogP contribution in [0.1, 0.15) is 188 Å². The van der Waals surface area contributed by atoms with E-state index in [1.165, 1.54) is 147 Å². The van der Waals surface area contributed by atoms with Crippen LogP contribution < -0.4 is 0 Å². The molecule has 1 aromatic rings. The molecule has 0 atom stereocenters. The van der Waals surface area contributed by atoms with Crippen molar-refractivity contribution in [2.24, 2.45) is 0 Å². The van der Waals surface area contributed by atoms with E-state index in [4.69, 9.17) is 0 Å². The van der Waals surface area contributed by atoms with Gasteiger partial charge in [0.1, 0.15) is 0 Å². The number of benzene rings is 1. The van der Waals surface area contributed by atoms with Crippen molar-refractivity contribution in [1.29, 1.82) is 0 Å². The largest absolute Gasteiger partial charge is 0.289 e. The van der Waals surface area contributed by atoms with Gasteiger partial charge in [0, 0.05) is 17.6 Å². The molecule has 0 amide bonds. The Kier molecular flexibility index (Phi) is 20.3. The van der Waals surface area contributed by atoms with Crippen LogP contribution in [-0.2, 0) is 6.54 Å². The summed E-state index contributed by atoms with van der Waals surface area (Å²) in [5, 5.41) is 0. The Morgan fingerprint density at radius 1 is 0.447 bits per heavy atom. The summed E-state index contributed by atoms with van der Waals surface area (Å²) in [6.45, 7) is 15.8. The molecule has 1 nitrogen and oxygen atoms in total. The third-order valence-corrected chi connectivity index (χ3v) is 8.93. The van der Waals surface area contributed by atoms with E-state index >= 15 is 0 Å². The normalized spacial score (nSPS) is 12.5. The fraction of sp³-hybridized carbons (Fsp3) is 0.838. The van der Waals surface area contributed by atoms with Crippen molar-refractivity contribution >= 4 is 0 Å². The van der Waals surface area contributed by atoms with Crippen LogP contribution in [0.5, 0.6) is 0 Å². The SMILES string of the molecule is CCCCCCCCCCCCC(C)(C)N(Cc1ccccc1)C(C)(C)CCCCCCCCCCCC. The van der Waals surface area contributed by atoms with Crippen molar-refractivity contribution in [2.75, 3.05) is 0 Å². The molecule has 0 aliphatic carbocycles. The zero-order valence-electron chi connectivity index (χ0n) is 27.1. The van der Waals surface area contributed by atoms with Gasteiger partial charge in [0.05, 0.1) is 0 Å². The second-order valence-electron chi connectivity index (χ2n) is 13.6. The standard InChI is InChI=1S/C37H69N/c1-7-9-11-13-15-17-19-21-23-28-32-36(3,4)38(34-35-30-26-25-27-31-35)37(5,6)33-29-24-22-20-18-16-14-12-10-8-2/h25-27,30-31H,7-24,28-29,32-34H2,1-6H3. The maximum absolute atomic E-state index is 2.86. The van der Waals surface area contributed by atoms with Crippen LogP contribution in [0.4, 0.5) is 0 Å². The van der Waals surface area contributed by atoms with Gasteiger partial charge in [-0.15, -0.1) is 0 Å². The van der Waals surface area contributed by atoms with E-state index < -0.39 is 0 Å². The molecule has 0 aliphatic heterocycles. The van der Waals surface area contributed by atoms with E-state index in [0.717, 1.165) is 6.54 Å². The van der Waals surface area contributed by atoms with Gasteiger partial charge in [0.15, 0.2) is 0 Å². The predicted molar refractivity (Wildman–Crippen MR) is 173 cm³/mol. The molecule has 0 radical (unpaired) electrons. The number of hydrogen-bond donors (Lipinski definition) is 0. The Morgan fingerprint density at radius 3 is 1.11 bits per heavy atom. The van der Waals surface area contributed by atoms with Crippen molar-refractivity contribution in [3.8, 4) is 0 Å². The first-order valence-corrected chi connectivity index (χ1v) is 17.1. The van der Waals surface area contributed by atoms with Gasteiger partial charge in [0.2, 0.25) is 0 Å². The lowest BCUT2D eigenvalue weighted by atomic mass is 9.85. The highest BCUT2D eigenvalue weighted by Crippen LogP contribution is 2.35. The summed E-state index contributed by atoms with van der Waals surface area (Å²) < 4.78 is 0. The number of rotatable bonds is 26. The lowest BCUT2D eigenvalue weighted by Crippen LogP contribution is -2.55. The highest BCUT2D eigenvalue weighted by molar-refractivity contribution is 5.15. The minimum absolute atomic E-state index is 0.220. The average molecular weight is 528 g/mol. The number of nitrogens with zero attached hydrogens (tertiary/aromatic N) is 1. The maximum atomic E-state index is 2.86. The van der Waals surface area contributed by atoms with E-state index in [-0.39, 0.29) is 11.1 Å². The summed E-state index contributed by atoms with van der Waals surface area (Å²) in [4.78, 5) is 2.86. The van der Waals surface area contributed by atoms with Crippen molar-refractivity contribution in [2.45, 2.75) is 200 Å². The summed E-state index contributed by atoms with van der Waals surface area (Å²) in [5.74, 6) is 0. The quantitative estimate of drug-likeness (QED) is 0.108. The molecule has 0 saturated heterocycles. The highest BCUT2D eigenvalue weighted by Gasteiger charge is 2.36. The smallest absolute Gasteiger partial charge is 0.0244 e. The molecule has 0 saturated carbocycles. The molecule has 1 heteroatoms. The molecule has 0 bridgehead atoms. The lowest BCUT2D eigenvalue weighted by molar-refractivity contribution is -0.00509. The van der Waals surface area contributed by atoms with Crippen LogP contribution in [0.25, 0.3) is 0 Å². The molecule has 38 heavy (non-hydrogen) atoms. The average Bonchev–Trinajstić information content (AvgIpc) is 2.90. The highest BCUT2D eigenvalue weighted by atomic mass is 15.2. The van der Waals surface area contributed by atoms with Gasteiger partial charge in [-0.25, -0.2) is 0 Å². The molecular weight excluding hydrogens is 458 g/mol. The Morgan fingerprint density at radius 2 is 0.763 bits per heavy atom. The van der Waals surface area contributed by atoms with Crippen LogP contribution >= 0.6 is 0 Å². The molecule has 0 N–H and O–H groups in total. The molecule has 222 valence electrons. The van der Waals surface area contributed by atoms with E-state index in [0.29, 0.717) is 0 Å². The third kappa shape index (κ3) is 17.0. The first kappa shape index (κ1) is 35.2. The zero-order chi connectivity index (χ0) is 28.0. The molecule has 0 aliphatic rings. The van der Waals surface area contributed by atoms with Gasteiger partial charge in [0.25, 0.3) is 0 Å². The summed E-state index contributed by atoms with van der Waals surface area (Å²) in [7, 11) is 0. The van der Waals surface area contributed by atoms with Crippen molar-refractivity contribution in [1.82, 2.24) is 4.90 Å². The van der Waals surface area contributed by atoms with Crippen molar-refractivity contribution in [3.05, 3.63) is 35.9 Å². The second kappa shape index (κ2) is 21.9. The van der Waals surface area contributed by atoms with E-state index in [9.17, 15) is 0 Å². The summed E-state index contributed by atoms with van der Waals surface area (Å²) >= 11 is 0. The zero-order valence-corrected chi connectivity index (χ0v) is 27.1. The number of unbranched alkanes of at least 4 members (excludes halogenated alkanes) is 18. The lowest BCUT2D eigenvalue weighted by Gasteiger charge is -2.49. The van der Waals surface area contributed by atoms with Crippen molar-refractivity contribution in [3.63, 3.8) is 0 Å². The molecule has 0 spiro atoms. The van der Waals surface area contributed by atoms with Gasteiger partial charge in [-0.3, -0.25) is 4.90 Å². The van der Waals surface area contributed by atoms with Crippen LogP contribution in [0.2, 0.25) is 0 Å². The summed E-state index contributed by atoms with van der Waals surface area (Å²) in [6.07, 6.45) is 31.0. The third-order valence-electron chi connectivity index (χ3n) is 8.93. The Balaban J connectivity index is 2.48. The minimum Gasteiger partial charge on any atom is -0.289 e. The predicted octanol–water partition coefficient (Wildman–Crippen LogP) is 12.7. The minimum atomic E-state index is 0.220. The van der Waals surface area contributed by atoms with Crippen LogP contribution in [0.15, 0.2) is 30.3 Å². The Labute approximate surface area is 241 Å². The summed E-state index contributed by atoms with van der Waals surface area (Å²) in [5.41, 5.74) is 1.90. The van der Waals surface area contributed by atoms with E-state index in [2.05, 4.69) is 76.8 Å². The first-order valence-electron chi connectivity index (χ1n) is 17.1. The van der Waals surface area contributed by atoms with Crippen LogP contribution in [0, 0.1) is 0 Å². The van der Waals surface area contributed by atoms with Gasteiger partial charge in [-0.2, -0.15) is 0 Å². The van der Waals surface area contributed by atoms with Crippen LogP contribution in [-0.4, -0.2) is 16.0 Å². The van der Waals surface area contributed by atoms with Crippen LogP contribution in [0.3, 0.4) is 0 Å². The molecule has 0 unspecified atom stereocenters. The Bertz CT molecular complexity index is 595.